The van der Waals surface area contributed by atoms with Gasteiger partial charge in [0.15, 0.2) is 0 Å². The number of benzene rings is 1. The van der Waals surface area contributed by atoms with Crippen molar-refractivity contribution in [2.45, 2.75) is 57.5 Å². The number of hydrogen-bond donors (Lipinski definition) is 2. The lowest BCUT2D eigenvalue weighted by molar-refractivity contribution is 0.127. The molecule has 0 bridgehead atoms. The third-order valence-electron chi connectivity index (χ3n) is 4.53. The molecule has 2 rings (SSSR count). The van der Waals surface area contributed by atoms with E-state index in [-0.39, 0.29) is 12.0 Å². The van der Waals surface area contributed by atoms with Gasteiger partial charge in [-0.15, -0.1) is 0 Å². The third-order valence-corrected chi connectivity index (χ3v) is 4.53. The Labute approximate surface area is 117 Å². The highest BCUT2D eigenvalue weighted by molar-refractivity contribution is 5.26. The largest absolute Gasteiger partial charge is 0.392 e. The zero-order valence-corrected chi connectivity index (χ0v) is 12.0. The van der Waals surface area contributed by atoms with Crippen molar-refractivity contribution in [1.82, 2.24) is 0 Å². The molecule has 2 atom stereocenters. The Kier molecular flexibility index (Phi) is 5.41. The SMILES string of the molecule is Cc1cccc(C(CN)C(O)CCC2CCCC2)c1. The molecule has 2 heteroatoms. The quantitative estimate of drug-likeness (QED) is 0.824. The molecular weight excluding hydrogens is 234 g/mol. The van der Waals surface area contributed by atoms with E-state index >= 15 is 0 Å². The van der Waals surface area contributed by atoms with Gasteiger partial charge < -0.3 is 10.8 Å². The Bertz CT molecular complexity index is 385. The Hall–Kier alpha value is -0.860. The van der Waals surface area contributed by atoms with Crippen LogP contribution in [0.1, 0.15) is 55.6 Å². The van der Waals surface area contributed by atoms with Crippen LogP contribution in [0.3, 0.4) is 0 Å². The molecule has 3 N–H and O–H groups in total. The molecular formula is C17H27NO. The number of rotatable bonds is 6. The van der Waals surface area contributed by atoms with E-state index in [1.807, 2.05) is 0 Å². The number of hydrogen-bond acceptors (Lipinski definition) is 2. The van der Waals surface area contributed by atoms with E-state index in [0.29, 0.717) is 6.54 Å². The van der Waals surface area contributed by atoms with E-state index in [1.165, 1.54) is 36.8 Å². The molecule has 0 saturated heterocycles. The van der Waals surface area contributed by atoms with Crippen LogP contribution in [0.4, 0.5) is 0 Å². The highest BCUT2D eigenvalue weighted by atomic mass is 16.3. The van der Waals surface area contributed by atoms with Crippen molar-refractivity contribution < 1.29 is 5.11 Å². The van der Waals surface area contributed by atoms with Crippen molar-refractivity contribution in [3.05, 3.63) is 35.4 Å². The molecule has 1 aromatic rings. The molecule has 0 aliphatic heterocycles. The first kappa shape index (κ1) is 14.5. The van der Waals surface area contributed by atoms with E-state index in [4.69, 9.17) is 5.73 Å². The first-order chi connectivity index (χ1) is 9.20. The van der Waals surface area contributed by atoms with Gasteiger partial charge in [0, 0.05) is 12.5 Å². The van der Waals surface area contributed by atoms with E-state index in [1.54, 1.807) is 0 Å². The highest BCUT2D eigenvalue weighted by Crippen LogP contribution is 2.31. The molecule has 1 saturated carbocycles. The standard InChI is InChI=1S/C17H27NO/c1-13-5-4-8-15(11-13)16(12-18)17(19)10-9-14-6-2-3-7-14/h4-5,8,11,14,16-17,19H,2-3,6-7,9-10,12,18H2,1H3. The molecule has 1 fully saturated rings. The molecule has 2 unspecified atom stereocenters. The summed E-state index contributed by atoms with van der Waals surface area (Å²) < 4.78 is 0. The summed E-state index contributed by atoms with van der Waals surface area (Å²) in [5, 5.41) is 10.4. The first-order valence-corrected chi connectivity index (χ1v) is 7.65. The Balaban J connectivity index is 1.92. The maximum atomic E-state index is 10.4. The number of aliphatic hydroxyl groups excluding tert-OH is 1. The lowest BCUT2D eigenvalue weighted by Crippen LogP contribution is -2.26. The minimum atomic E-state index is -0.299. The van der Waals surface area contributed by atoms with Crippen molar-refractivity contribution in [3.63, 3.8) is 0 Å². The zero-order valence-electron chi connectivity index (χ0n) is 12.0. The summed E-state index contributed by atoms with van der Waals surface area (Å²) in [5.74, 6) is 0.923. The molecule has 0 aromatic heterocycles. The summed E-state index contributed by atoms with van der Waals surface area (Å²) in [5.41, 5.74) is 8.30. The van der Waals surface area contributed by atoms with Crippen molar-refractivity contribution in [3.8, 4) is 0 Å². The Morgan fingerprint density at radius 2 is 2.05 bits per heavy atom. The average molecular weight is 261 g/mol. The van der Waals surface area contributed by atoms with E-state index in [0.717, 1.165) is 18.8 Å². The minimum absolute atomic E-state index is 0.0845. The third kappa shape index (κ3) is 4.05. The lowest BCUT2D eigenvalue weighted by Gasteiger charge is -2.23. The monoisotopic (exact) mass is 261 g/mol. The first-order valence-electron chi connectivity index (χ1n) is 7.65. The predicted molar refractivity (Wildman–Crippen MR) is 80.2 cm³/mol. The van der Waals surface area contributed by atoms with Gasteiger partial charge >= 0.3 is 0 Å². The van der Waals surface area contributed by atoms with Gasteiger partial charge in [-0.3, -0.25) is 0 Å². The average Bonchev–Trinajstić information content (AvgIpc) is 2.90. The highest BCUT2D eigenvalue weighted by Gasteiger charge is 2.22. The summed E-state index contributed by atoms with van der Waals surface area (Å²) in [7, 11) is 0. The number of nitrogens with two attached hydrogens (primary N) is 1. The van der Waals surface area contributed by atoms with Crippen LogP contribution in [0.2, 0.25) is 0 Å². The molecule has 0 radical (unpaired) electrons. The summed E-state index contributed by atoms with van der Waals surface area (Å²) in [6.07, 6.45) is 7.20. The maximum Gasteiger partial charge on any atom is 0.0621 e. The van der Waals surface area contributed by atoms with Gasteiger partial charge in [-0.1, -0.05) is 55.5 Å². The normalized spacial score (nSPS) is 19.5. The van der Waals surface area contributed by atoms with Crippen molar-refractivity contribution in [2.24, 2.45) is 11.7 Å². The molecule has 1 aliphatic rings. The summed E-state index contributed by atoms with van der Waals surface area (Å²) in [4.78, 5) is 0. The Morgan fingerprint density at radius 1 is 1.32 bits per heavy atom. The van der Waals surface area contributed by atoms with Crippen molar-refractivity contribution in [1.29, 1.82) is 0 Å². The second kappa shape index (κ2) is 7.06. The van der Waals surface area contributed by atoms with Crippen LogP contribution in [0, 0.1) is 12.8 Å². The second-order valence-corrected chi connectivity index (χ2v) is 6.05. The van der Waals surface area contributed by atoms with Crippen LogP contribution in [0.25, 0.3) is 0 Å². The molecule has 0 amide bonds. The molecule has 106 valence electrons. The minimum Gasteiger partial charge on any atom is -0.392 e. The predicted octanol–water partition coefficient (Wildman–Crippen LogP) is 3.37. The van der Waals surface area contributed by atoms with Crippen molar-refractivity contribution >= 4 is 0 Å². The van der Waals surface area contributed by atoms with Gasteiger partial charge in [-0.2, -0.15) is 0 Å². The van der Waals surface area contributed by atoms with E-state index < -0.39 is 0 Å². The van der Waals surface area contributed by atoms with Gasteiger partial charge in [-0.25, -0.2) is 0 Å². The van der Waals surface area contributed by atoms with E-state index in [2.05, 4.69) is 31.2 Å². The number of aliphatic hydroxyl groups is 1. The molecule has 2 nitrogen and oxygen atoms in total. The smallest absolute Gasteiger partial charge is 0.0621 e. The molecule has 0 heterocycles. The summed E-state index contributed by atoms with van der Waals surface area (Å²) in [6, 6.07) is 8.37. The summed E-state index contributed by atoms with van der Waals surface area (Å²) >= 11 is 0. The molecule has 19 heavy (non-hydrogen) atoms. The van der Waals surface area contributed by atoms with Crippen molar-refractivity contribution in [2.75, 3.05) is 6.54 Å². The molecule has 0 spiro atoms. The van der Waals surface area contributed by atoms with Crippen LogP contribution >= 0.6 is 0 Å². The van der Waals surface area contributed by atoms with Crippen LogP contribution in [0.5, 0.6) is 0 Å². The lowest BCUT2D eigenvalue weighted by atomic mass is 9.88. The zero-order chi connectivity index (χ0) is 13.7. The van der Waals surface area contributed by atoms with Gasteiger partial charge in [0.2, 0.25) is 0 Å². The fraction of sp³-hybridized carbons (Fsp3) is 0.647. The fourth-order valence-corrected chi connectivity index (χ4v) is 3.32. The molecule has 1 aromatic carbocycles. The maximum absolute atomic E-state index is 10.4. The Morgan fingerprint density at radius 3 is 2.68 bits per heavy atom. The van der Waals surface area contributed by atoms with Gasteiger partial charge in [0.1, 0.15) is 0 Å². The van der Waals surface area contributed by atoms with Crippen LogP contribution in [-0.4, -0.2) is 17.8 Å². The van der Waals surface area contributed by atoms with E-state index in [9.17, 15) is 5.11 Å². The fourth-order valence-electron chi connectivity index (χ4n) is 3.32. The summed E-state index contributed by atoms with van der Waals surface area (Å²) in [6.45, 7) is 2.61. The van der Waals surface area contributed by atoms with Crippen LogP contribution < -0.4 is 5.73 Å². The second-order valence-electron chi connectivity index (χ2n) is 6.05. The number of aryl methyl sites for hydroxylation is 1. The van der Waals surface area contributed by atoms with Gasteiger partial charge in [-0.05, 0) is 31.2 Å². The van der Waals surface area contributed by atoms with Gasteiger partial charge in [0.05, 0.1) is 6.10 Å². The van der Waals surface area contributed by atoms with Crippen LogP contribution in [0.15, 0.2) is 24.3 Å². The molecule has 1 aliphatic carbocycles. The topological polar surface area (TPSA) is 46.2 Å². The van der Waals surface area contributed by atoms with Crippen LogP contribution in [-0.2, 0) is 0 Å². The van der Waals surface area contributed by atoms with Gasteiger partial charge in [0.25, 0.3) is 0 Å².